The summed E-state index contributed by atoms with van der Waals surface area (Å²) in [6.07, 6.45) is -5.08. The third-order valence-electron chi connectivity index (χ3n) is 2.53. The number of aryl methyl sites for hydroxylation is 1. The number of rotatable bonds is 3. The highest BCUT2D eigenvalue weighted by Gasteiger charge is 2.27. The molecule has 0 fully saturated rings. The van der Waals surface area contributed by atoms with Crippen LogP contribution in [0.1, 0.15) is 12.2 Å². The Morgan fingerprint density at radius 2 is 2.06 bits per heavy atom. The lowest BCUT2D eigenvalue weighted by molar-refractivity contribution is -0.136. The van der Waals surface area contributed by atoms with E-state index in [1.165, 1.54) is 4.57 Å². The molecule has 98 valence electrons. The third-order valence-corrected chi connectivity index (χ3v) is 3.26. The lowest BCUT2D eigenvalue weighted by Crippen LogP contribution is -2.13. The summed E-state index contributed by atoms with van der Waals surface area (Å²) < 4.78 is 39.2. The van der Waals surface area contributed by atoms with E-state index in [2.05, 4.69) is 20.9 Å². The van der Waals surface area contributed by atoms with Gasteiger partial charge >= 0.3 is 6.18 Å². The Hall–Kier alpha value is -0.750. The Labute approximate surface area is 115 Å². The monoisotopic (exact) mass is 340 g/mol. The fourth-order valence-electron chi connectivity index (χ4n) is 1.74. The van der Waals surface area contributed by atoms with Crippen LogP contribution in [0.25, 0.3) is 11.0 Å². The number of alkyl halides is 4. The molecule has 2 nitrogen and oxygen atoms in total. The predicted molar refractivity (Wildman–Crippen MR) is 67.7 cm³/mol. The largest absolute Gasteiger partial charge is 0.390 e. The fraction of sp³-hybridized carbons (Fsp3) is 0.364. The fourth-order valence-corrected chi connectivity index (χ4v) is 2.30. The van der Waals surface area contributed by atoms with E-state index in [0.717, 1.165) is 4.47 Å². The van der Waals surface area contributed by atoms with E-state index in [9.17, 15) is 13.2 Å². The van der Waals surface area contributed by atoms with Gasteiger partial charge in [0.05, 0.1) is 23.3 Å². The van der Waals surface area contributed by atoms with Crippen LogP contribution in [0.15, 0.2) is 22.7 Å². The molecule has 1 heterocycles. The maximum absolute atomic E-state index is 12.3. The lowest BCUT2D eigenvalue weighted by atomic mass is 10.3. The summed E-state index contributed by atoms with van der Waals surface area (Å²) in [5, 5.41) is 0. The topological polar surface area (TPSA) is 17.8 Å². The van der Waals surface area contributed by atoms with Gasteiger partial charge in [-0.05, 0) is 18.2 Å². The zero-order chi connectivity index (χ0) is 13.3. The number of nitrogens with zero attached hydrogens (tertiary/aromatic N) is 2. The van der Waals surface area contributed by atoms with Crippen LogP contribution >= 0.6 is 27.5 Å². The molecule has 0 spiro atoms. The Bertz CT molecular complexity index is 565. The van der Waals surface area contributed by atoms with E-state index in [0.29, 0.717) is 16.9 Å². The third kappa shape index (κ3) is 2.98. The van der Waals surface area contributed by atoms with Crippen molar-refractivity contribution < 1.29 is 13.2 Å². The van der Waals surface area contributed by atoms with Gasteiger partial charge in [0, 0.05) is 11.0 Å². The molecule has 1 aromatic carbocycles. The number of hydrogen-bond donors (Lipinski definition) is 0. The average molecular weight is 342 g/mol. The molecule has 0 amide bonds. The van der Waals surface area contributed by atoms with Gasteiger partial charge in [0.25, 0.3) is 0 Å². The Balaban J connectivity index is 2.41. The number of halogens is 5. The highest BCUT2D eigenvalue weighted by Crippen LogP contribution is 2.25. The van der Waals surface area contributed by atoms with Gasteiger partial charge in [0.1, 0.15) is 5.82 Å². The molecule has 0 saturated heterocycles. The molecular formula is C11H9BrClF3N2. The molecule has 0 aliphatic heterocycles. The zero-order valence-corrected chi connectivity index (χ0v) is 11.5. The lowest BCUT2D eigenvalue weighted by Gasteiger charge is -2.10. The molecule has 0 radical (unpaired) electrons. The summed E-state index contributed by atoms with van der Waals surface area (Å²) in [6.45, 7) is -0.163. The predicted octanol–water partition coefficient (Wildman–Crippen LogP) is 4.49. The Kier molecular flexibility index (Phi) is 3.87. The molecule has 7 heteroatoms. The SMILES string of the molecule is FC(F)(F)CCn1c(CCl)nc2cc(Br)ccc21. The van der Waals surface area contributed by atoms with Crippen molar-refractivity contribution in [2.75, 3.05) is 0 Å². The van der Waals surface area contributed by atoms with Crippen molar-refractivity contribution in [3.8, 4) is 0 Å². The molecule has 0 saturated carbocycles. The molecule has 2 rings (SSSR count). The molecule has 0 atom stereocenters. The van der Waals surface area contributed by atoms with Crippen molar-refractivity contribution in [1.29, 1.82) is 0 Å². The van der Waals surface area contributed by atoms with Crippen LogP contribution in [0.4, 0.5) is 13.2 Å². The molecule has 0 N–H and O–H groups in total. The molecule has 0 bridgehead atoms. The maximum atomic E-state index is 12.3. The van der Waals surface area contributed by atoms with E-state index < -0.39 is 12.6 Å². The quantitative estimate of drug-likeness (QED) is 0.752. The smallest absolute Gasteiger partial charge is 0.327 e. The van der Waals surface area contributed by atoms with Gasteiger partial charge in [0.2, 0.25) is 0 Å². The second-order valence-electron chi connectivity index (χ2n) is 3.81. The number of aromatic nitrogens is 2. The van der Waals surface area contributed by atoms with Gasteiger partial charge in [0.15, 0.2) is 0 Å². The van der Waals surface area contributed by atoms with E-state index in [-0.39, 0.29) is 12.4 Å². The summed E-state index contributed by atoms with van der Waals surface area (Å²) in [5.74, 6) is 0.540. The second kappa shape index (κ2) is 5.09. The van der Waals surface area contributed by atoms with Crippen LogP contribution in [0.2, 0.25) is 0 Å². The number of fused-ring (bicyclic) bond motifs is 1. The number of benzene rings is 1. The Morgan fingerprint density at radius 3 is 2.67 bits per heavy atom. The van der Waals surface area contributed by atoms with Gasteiger partial charge in [-0.3, -0.25) is 0 Å². The van der Waals surface area contributed by atoms with Crippen LogP contribution in [-0.4, -0.2) is 15.7 Å². The summed E-state index contributed by atoms with van der Waals surface area (Å²) in [5.41, 5.74) is 1.31. The highest BCUT2D eigenvalue weighted by atomic mass is 79.9. The van der Waals surface area contributed by atoms with Gasteiger partial charge in [-0.15, -0.1) is 11.6 Å². The summed E-state index contributed by atoms with van der Waals surface area (Å²) >= 11 is 9.01. The maximum Gasteiger partial charge on any atom is 0.390 e. The normalized spacial score (nSPS) is 12.3. The average Bonchev–Trinajstić information content (AvgIpc) is 2.62. The molecule has 0 aliphatic rings. The van der Waals surface area contributed by atoms with Gasteiger partial charge in [-0.2, -0.15) is 13.2 Å². The highest BCUT2D eigenvalue weighted by molar-refractivity contribution is 9.10. The first kappa shape index (κ1) is 13.7. The van der Waals surface area contributed by atoms with Crippen LogP contribution in [0.5, 0.6) is 0 Å². The van der Waals surface area contributed by atoms with Crippen LogP contribution in [0, 0.1) is 0 Å². The van der Waals surface area contributed by atoms with Crippen molar-refractivity contribution in [2.24, 2.45) is 0 Å². The molecule has 0 unspecified atom stereocenters. The Morgan fingerprint density at radius 1 is 1.33 bits per heavy atom. The number of imidazole rings is 1. The second-order valence-corrected chi connectivity index (χ2v) is 4.99. The first-order chi connectivity index (χ1) is 8.40. The standard InChI is InChI=1S/C11H9BrClF3N2/c12-7-1-2-9-8(5-7)17-10(6-13)18(9)4-3-11(14,15)16/h1-2,5H,3-4,6H2. The van der Waals surface area contributed by atoms with E-state index in [4.69, 9.17) is 11.6 Å². The van der Waals surface area contributed by atoms with Crippen molar-refractivity contribution in [2.45, 2.75) is 25.0 Å². The minimum atomic E-state index is -4.18. The van der Waals surface area contributed by atoms with Crippen molar-refractivity contribution in [3.63, 3.8) is 0 Å². The zero-order valence-electron chi connectivity index (χ0n) is 9.14. The van der Waals surface area contributed by atoms with Crippen LogP contribution in [-0.2, 0) is 12.4 Å². The molecular weight excluding hydrogens is 332 g/mol. The van der Waals surface area contributed by atoms with Gasteiger partial charge in [-0.1, -0.05) is 15.9 Å². The van der Waals surface area contributed by atoms with Crippen molar-refractivity contribution >= 4 is 38.6 Å². The van der Waals surface area contributed by atoms with E-state index in [1.54, 1.807) is 18.2 Å². The van der Waals surface area contributed by atoms with E-state index in [1.807, 2.05) is 0 Å². The molecule has 0 aliphatic carbocycles. The van der Waals surface area contributed by atoms with Gasteiger partial charge in [-0.25, -0.2) is 4.98 Å². The molecule has 2 aromatic rings. The van der Waals surface area contributed by atoms with E-state index >= 15 is 0 Å². The summed E-state index contributed by atoms with van der Waals surface area (Å²) in [6, 6.07) is 5.26. The molecule has 1 aromatic heterocycles. The summed E-state index contributed by atoms with van der Waals surface area (Å²) in [4.78, 5) is 4.23. The van der Waals surface area contributed by atoms with Gasteiger partial charge < -0.3 is 4.57 Å². The minimum Gasteiger partial charge on any atom is -0.327 e. The van der Waals surface area contributed by atoms with Crippen LogP contribution < -0.4 is 0 Å². The summed E-state index contributed by atoms with van der Waals surface area (Å²) in [7, 11) is 0. The van der Waals surface area contributed by atoms with Crippen LogP contribution in [0.3, 0.4) is 0 Å². The molecule has 18 heavy (non-hydrogen) atoms. The minimum absolute atomic E-state index is 0.0875. The van der Waals surface area contributed by atoms with Crippen molar-refractivity contribution in [3.05, 3.63) is 28.5 Å². The number of hydrogen-bond acceptors (Lipinski definition) is 1. The first-order valence-electron chi connectivity index (χ1n) is 5.18. The first-order valence-corrected chi connectivity index (χ1v) is 6.51. The van der Waals surface area contributed by atoms with Crippen molar-refractivity contribution in [1.82, 2.24) is 9.55 Å².